The zero-order valence-corrected chi connectivity index (χ0v) is 18.0. The van der Waals surface area contributed by atoms with Crippen molar-refractivity contribution in [2.24, 2.45) is 18.9 Å². The fourth-order valence-electron chi connectivity index (χ4n) is 5.27. The van der Waals surface area contributed by atoms with E-state index in [1.165, 1.54) is 4.80 Å². The monoisotopic (exact) mass is 413 g/mol. The summed E-state index contributed by atoms with van der Waals surface area (Å²) >= 11 is 0. The van der Waals surface area contributed by atoms with E-state index < -0.39 is 5.41 Å². The highest BCUT2D eigenvalue weighted by molar-refractivity contribution is 6.00. The Morgan fingerprint density at radius 2 is 2.06 bits per heavy atom. The number of rotatable bonds is 2. The van der Waals surface area contributed by atoms with Crippen LogP contribution < -0.4 is 0 Å². The van der Waals surface area contributed by atoms with E-state index in [2.05, 4.69) is 40.2 Å². The predicted molar refractivity (Wildman–Crippen MR) is 114 cm³/mol. The van der Waals surface area contributed by atoms with Crippen LogP contribution in [0.2, 0.25) is 0 Å². The first-order chi connectivity index (χ1) is 14.8. The lowest BCUT2D eigenvalue weighted by molar-refractivity contribution is -0.121. The molecule has 0 N–H and O–H groups in total. The Hall–Kier alpha value is -3.60. The Bertz CT molecular complexity index is 1290. The molecule has 31 heavy (non-hydrogen) atoms. The molecular formula is C23H23N7O. The number of fused-ring (bicyclic) bond motifs is 3. The van der Waals surface area contributed by atoms with Gasteiger partial charge in [-0.1, -0.05) is 49.3 Å². The number of nitrogens with zero attached hydrogens (tertiary/aromatic N) is 7. The van der Waals surface area contributed by atoms with E-state index in [0.29, 0.717) is 5.95 Å². The molecule has 0 bridgehead atoms. The molecule has 156 valence electrons. The summed E-state index contributed by atoms with van der Waals surface area (Å²) in [5.41, 5.74) is 3.72. The Kier molecular flexibility index (Phi) is 4.19. The van der Waals surface area contributed by atoms with Crippen molar-refractivity contribution in [3.05, 3.63) is 64.4 Å². The number of imidazole rings is 1. The van der Waals surface area contributed by atoms with Gasteiger partial charge in [0.1, 0.15) is 5.82 Å². The fraction of sp³-hybridized carbons (Fsp3) is 0.391. The van der Waals surface area contributed by atoms with Gasteiger partial charge in [-0.2, -0.15) is 4.80 Å². The number of allylic oxidation sites excluding steroid dienone is 2. The molecule has 0 unspecified atom stereocenters. The lowest BCUT2D eigenvalue weighted by atomic mass is 9.59. The number of tetrazole rings is 1. The van der Waals surface area contributed by atoms with Gasteiger partial charge < -0.3 is 4.79 Å². The number of aryl methyl sites for hydroxylation is 2. The number of Topliss-reactive ketones (excluding diaryl/α,β-unsaturated/α-hetero) is 1. The molecule has 0 saturated carbocycles. The number of carbonyl (C=O) groups is 1. The molecule has 8 nitrogen and oxygen atoms in total. The van der Waals surface area contributed by atoms with Gasteiger partial charge in [0.2, 0.25) is 5.70 Å². The Balaban J connectivity index is 1.82. The van der Waals surface area contributed by atoms with Crippen LogP contribution in [0.4, 0.5) is 0 Å². The van der Waals surface area contributed by atoms with Gasteiger partial charge in [-0.3, -0.25) is 4.57 Å². The van der Waals surface area contributed by atoms with Crippen LogP contribution in [0.5, 0.6) is 0 Å². The van der Waals surface area contributed by atoms with Crippen LogP contribution in [-0.2, 0) is 23.7 Å². The maximum Gasteiger partial charge on any atom is 0.276 e. The zero-order chi connectivity index (χ0) is 21.9. The van der Waals surface area contributed by atoms with Gasteiger partial charge in [-0.05, 0) is 36.5 Å². The van der Waals surface area contributed by atoms with Crippen LogP contribution in [0, 0.1) is 25.3 Å². The molecule has 0 aliphatic heterocycles. The minimum atomic E-state index is -0.508. The van der Waals surface area contributed by atoms with Gasteiger partial charge in [0.25, 0.3) is 5.95 Å². The molecule has 0 saturated heterocycles. The van der Waals surface area contributed by atoms with Crippen molar-refractivity contribution < 1.29 is 4.79 Å². The van der Waals surface area contributed by atoms with Gasteiger partial charge in [0.15, 0.2) is 5.78 Å². The summed E-state index contributed by atoms with van der Waals surface area (Å²) < 4.78 is 2.00. The van der Waals surface area contributed by atoms with E-state index in [1.807, 2.05) is 35.8 Å². The molecule has 0 radical (unpaired) electrons. The van der Waals surface area contributed by atoms with Crippen LogP contribution in [0.25, 0.3) is 22.2 Å². The minimum Gasteiger partial charge on any atom is -0.308 e. The van der Waals surface area contributed by atoms with Crippen LogP contribution in [0.3, 0.4) is 0 Å². The Morgan fingerprint density at radius 1 is 1.29 bits per heavy atom. The average molecular weight is 413 g/mol. The summed E-state index contributed by atoms with van der Waals surface area (Å²) in [6, 6.07) is 8.10. The van der Waals surface area contributed by atoms with E-state index in [4.69, 9.17) is 11.6 Å². The topological polar surface area (TPSA) is 82.8 Å². The molecular weight excluding hydrogens is 390 g/mol. The van der Waals surface area contributed by atoms with E-state index in [0.717, 1.165) is 41.2 Å². The summed E-state index contributed by atoms with van der Waals surface area (Å²) in [7, 11) is 1.74. The zero-order valence-electron chi connectivity index (χ0n) is 18.0. The Morgan fingerprint density at radius 3 is 2.74 bits per heavy atom. The SMILES string of the molecule is [C-]#[N+]C1=C[C@]2(C)c3nc(-c4ccccc4C)n(-c4nnn(C)n4)c3CC[C@H]2[C@H](C)C1=O. The Labute approximate surface area is 180 Å². The molecule has 2 heterocycles. The summed E-state index contributed by atoms with van der Waals surface area (Å²) in [4.78, 5) is 22.8. The lowest BCUT2D eigenvalue weighted by Crippen LogP contribution is -2.45. The number of aromatic nitrogens is 6. The van der Waals surface area contributed by atoms with Crippen LogP contribution in [0.1, 0.15) is 37.2 Å². The highest BCUT2D eigenvalue weighted by atomic mass is 16.1. The highest BCUT2D eigenvalue weighted by Gasteiger charge is 2.50. The molecule has 3 aromatic rings. The second kappa shape index (κ2) is 6.71. The lowest BCUT2D eigenvalue weighted by Gasteiger charge is -2.44. The van der Waals surface area contributed by atoms with E-state index in [1.54, 1.807) is 7.05 Å². The molecule has 0 amide bonds. The number of hydrogen-bond acceptors (Lipinski definition) is 5. The molecule has 0 fully saturated rings. The van der Waals surface area contributed by atoms with Gasteiger partial charge >= 0.3 is 0 Å². The second-order valence-electron chi connectivity index (χ2n) is 8.68. The fourth-order valence-corrected chi connectivity index (χ4v) is 5.27. The third-order valence-electron chi connectivity index (χ3n) is 6.86. The van der Waals surface area contributed by atoms with E-state index in [9.17, 15) is 4.79 Å². The summed E-state index contributed by atoms with van der Waals surface area (Å²) in [6.45, 7) is 13.6. The van der Waals surface area contributed by atoms with Gasteiger partial charge in [-0.25, -0.2) is 9.83 Å². The van der Waals surface area contributed by atoms with Crippen molar-refractivity contribution >= 4 is 5.78 Å². The van der Waals surface area contributed by atoms with Crippen molar-refractivity contribution in [2.45, 2.75) is 39.0 Å². The maximum atomic E-state index is 12.7. The molecule has 2 aliphatic carbocycles. The average Bonchev–Trinajstić information content (AvgIpc) is 3.35. The van der Waals surface area contributed by atoms with Crippen molar-refractivity contribution in [1.29, 1.82) is 0 Å². The number of ketones is 1. The largest absolute Gasteiger partial charge is 0.308 e. The maximum absolute atomic E-state index is 12.7. The summed E-state index contributed by atoms with van der Waals surface area (Å²) in [6.07, 6.45) is 3.43. The highest BCUT2D eigenvalue weighted by Crippen LogP contribution is 2.50. The van der Waals surface area contributed by atoms with Crippen molar-refractivity contribution in [1.82, 2.24) is 29.8 Å². The number of carbonyl (C=O) groups excluding carboxylic acids is 1. The molecule has 8 heteroatoms. The van der Waals surface area contributed by atoms with Crippen molar-refractivity contribution in [3.63, 3.8) is 0 Å². The van der Waals surface area contributed by atoms with Gasteiger partial charge in [-0.15, -0.1) is 5.10 Å². The standard InChI is InChI=1S/C23H23N7O/c1-13-8-6-7-9-15(13)21-25-20-18(30(21)22-26-28-29(5)27-22)11-10-16-14(2)19(31)17(24-4)12-23(16,20)3/h6-9,12,14,16H,10-11H2,1-3,5H3/t14-,16-,23-/m0/s1. The first-order valence-corrected chi connectivity index (χ1v) is 10.4. The normalized spacial score (nSPS) is 24.9. The van der Waals surface area contributed by atoms with Crippen molar-refractivity contribution in [2.75, 3.05) is 0 Å². The molecule has 5 rings (SSSR count). The molecule has 2 aromatic heterocycles. The smallest absolute Gasteiger partial charge is 0.276 e. The minimum absolute atomic E-state index is 0.0601. The third kappa shape index (κ3) is 2.69. The molecule has 0 spiro atoms. The number of benzene rings is 1. The van der Waals surface area contributed by atoms with Crippen LogP contribution >= 0.6 is 0 Å². The second-order valence-corrected chi connectivity index (χ2v) is 8.68. The molecule has 2 aliphatic rings. The van der Waals surface area contributed by atoms with Gasteiger partial charge in [0, 0.05) is 16.9 Å². The van der Waals surface area contributed by atoms with Crippen LogP contribution in [0.15, 0.2) is 36.0 Å². The van der Waals surface area contributed by atoms with E-state index >= 15 is 0 Å². The van der Waals surface area contributed by atoms with Crippen LogP contribution in [-0.4, -0.2) is 35.5 Å². The number of hydrogen-bond donors (Lipinski definition) is 0. The third-order valence-corrected chi connectivity index (χ3v) is 6.86. The molecule has 3 atom stereocenters. The molecule has 1 aromatic carbocycles. The van der Waals surface area contributed by atoms with Gasteiger partial charge in [0.05, 0.1) is 25.0 Å². The van der Waals surface area contributed by atoms with Crippen molar-refractivity contribution in [3.8, 4) is 17.3 Å². The first kappa shape index (κ1) is 19.4. The van der Waals surface area contributed by atoms with E-state index in [-0.39, 0.29) is 23.3 Å². The summed E-state index contributed by atoms with van der Waals surface area (Å²) in [5.74, 6) is 1.07. The first-order valence-electron chi connectivity index (χ1n) is 10.4. The predicted octanol–water partition coefficient (Wildman–Crippen LogP) is 3.21. The quantitative estimate of drug-likeness (QED) is 0.603. The summed E-state index contributed by atoms with van der Waals surface area (Å²) in [5, 5.41) is 12.8.